The first kappa shape index (κ1) is 18.4. The number of carbonyl (C=O) groups excluding carboxylic acids is 2. The predicted octanol–water partition coefficient (Wildman–Crippen LogP) is 4.24. The molecule has 5 heteroatoms. The Morgan fingerprint density at radius 2 is 2.00 bits per heavy atom. The summed E-state index contributed by atoms with van der Waals surface area (Å²) < 4.78 is 5.13. The topological polar surface area (TPSA) is 47.3 Å². The minimum absolute atomic E-state index is 0.0649. The van der Waals surface area contributed by atoms with E-state index in [9.17, 15) is 9.59 Å². The fraction of sp³-hybridized carbons (Fsp3) is 0.571. The third kappa shape index (κ3) is 9.05. The molecule has 0 N–H and O–H groups in total. The second-order valence-corrected chi connectivity index (χ2v) is 6.56. The van der Waals surface area contributed by atoms with Gasteiger partial charge in [-0.3, -0.25) is 9.59 Å². The number of Topliss-reactive ketones (excluding diaryl/α,β-unsaturated/α-hetero) is 2. The second-order valence-electron chi connectivity index (χ2n) is 4.13. The van der Waals surface area contributed by atoms with Gasteiger partial charge in [0.2, 0.25) is 0 Å². The van der Waals surface area contributed by atoms with E-state index in [-0.39, 0.29) is 21.6 Å². The number of halogens is 1. The minimum atomic E-state index is 0.0649. The second kappa shape index (κ2) is 10.3. The van der Waals surface area contributed by atoms with E-state index in [2.05, 4.69) is 15.9 Å². The normalized spacial score (nSPS) is 13.1. The van der Waals surface area contributed by atoms with E-state index in [4.69, 9.17) is 4.42 Å². The van der Waals surface area contributed by atoms with Crippen LogP contribution in [-0.2, 0) is 15.3 Å². The third-order valence-corrected chi connectivity index (χ3v) is 5.00. The van der Waals surface area contributed by atoms with Crippen LogP contribution >= 0.6 is 27.7 Å². The van der Waals surface area contributed by atoms with Gasteiger partial charge in [0.05, 0.1) is 22.1 Å². The van der Waals surface area contributed by atoms with Crippen molar-refractivity contribution in [1.82, 2.24) is 0 Å². The number of hydrogen-bond donors (Lipinski definition) is 0. The van der Waals surface area contributed by atoms with Crippen LogP contribution in [0.2, 0.25) is 0 Å². The highest BCUT2D eigenvalue weighted by Gasteiger charge is 2.08. The Balaban J connectivity index is 0.000000399. The van der Waals surface area contributed by atoms with Crippen molar-refractivity contribution in [3.05, 3.63) is 24.2 Å². The summed E-state index contributed by atoms with van der Waals surface area (Å²) in [6.45, 7) is 7.08. The highest BCUT2D eigenvalue weighted by atomic mass is 79.9. The zero-order valence-corrected chi connectivity index (χ0v) is 14.2. The van der Waals surface area contributed by atoms with Crippen molar-refractivity contribution in [2.75, 3.05) is 0 Å². The molecule has 108 valence electrons. The van der Waals surface area contributed by atoms with E-state index in [1.165, 1.54) is 0 Å². The molecule has 0 aromatic carbocycles. The van der Waals surface area contributed by atoms with Gasteiger partial charge in [-0.15, -0.1) is 11.8 Å². The van der Waals surface area contributed by atoms with Crippen LogP contribution in [-0.4, -0.2) is 21.6 Å². The highest BCUT2D eigenvalue weighted by molar-refractivity contribution is 9.10. The van der Waals surface area contributed by atoms with E-state index in [0.29, 0.717) is 0 Å². The molecule has 0 aliphatic carbocycles. The molecule has 19 heavy (non-hydrogen) atoms. The lowest BCUT2D eigenvalue weighted by Gasteiger charge is -2.04. The molecule has 2 atom stereocenters. The van der Waals surface area contributed by atoms with Gasteiger partial charge < -0.3 is 4.42 Å². The predicted molar refractivity (Wildman–Crippen MR) is 83.8 cm³/mol. The Bertz CT molecular complexity index is 376. The van der Waals surface area contributed by atoms with Crippen LogP contribution in [0.1, 0.15) is 39.9 Å². The molecule has 0 fully saturated rings. The largest absolute Gasteiger partial charge is 0.468 e. The first-order valence-corrected chi connectivity index (χ1v) is 8.13. The molecule has 3 nitrogen and oxygen atoms in total. The van der Waals surface area contributed by atoms with Crippen LogP contribution in [0.4, 0.5) is 0 Å². The van der Waals surface area contributed by atoms with Crippen molar-refractivity contribution in [3.63, 3.8) is 0 Å². The van der Waals surface area contributed by atoms with Gasteiger partial charge in [0.1, 0.15) is 17.3 Å². The Morgan fingerprint density at radius 1 is 1.37 bits per heavy atom. The van der Waals surface area contributed by atoms with Gasteiger partial charge in [-0.1, -0.05) is 22.9 Å². The number of ketones is 2. The van der Waals surface area contributed by atoms with Crippen LogP contribution in [0.3, 0.4) is 0 Å². The molecule has 1 aromatic heterocycles. The van der Waals surface area contributed by atoms with E-state index in [1.807, 2.05) is 26.0 Å². The van der Waals surface area contributed by atoms with Crippen LogP contribution in [0, 0.1) is 0 Å². The van der Waals surface area contributed by atoms with Crippen LogP contribution in [0.25, 0.3) is 0 Å². The fourth-order valence-electron chi connectivity index (χ4n) is 1.01. The van der Waals surface area contributed by atoms with Crippen molar-refractivity contribution in [3.8, 4) is 0 Å². The number of carbonyl (C=O) groups is 2. The summed E-state index contributed by atoms with van der Waals surface area (Å²) >= 11 is 4.79. The number of hydrogen-bond acceptors (Lipinski definition) is 4. The average molecular weight is 349 g/mol. The minimum Gasteiger partial charge on any atom is -0.468 e. The highest BCUT2D eigenvalue weighted by Crippen LogP contribution is 2.18. The van der Waals surface area contributed by atoms with Crippen molar-refractivity contribution in [2.24, 2.45) is 0 Å². The number of furan rings is 1. The standard InChI is InChI=1S/C9H12O2S.C5H9BrO/c1-7(10)8(2)12-6-9-4-3-5-11-9;1-3-5(6)4(2)7/h3-5,8H,6H2,1-2H3;5H,3H2,1-2H3. The monoisotopic (exact) mass is 348 g/mol. The summed E-state index contributed by atoms with van der Waals surface area (Å²) in [7, 11) is 0. The lowest BCUT2D eigenvalue weighted by Crippen LogP contribution is -2.07. The maximum atomic E-state index is 10.9. The van der Waals surface area contributed by atoms with E-state index in [1.54, 1.807) is 31.9 Å². The lowest BCUT2D eigenvalue weighted by molar-refractivity contribution is -0.117. The molecule has 0 bridgehead atoms. The van der Waals surface area contributed by atoms with Gasteiger partial charge in [0.25, 0.3) is 0 Å². The van der Waals surface area contributed by atoms with Crippen molar-refractivity contribution < 1.29 is 14.0 Å². The summed E-state index contributed by atoms with van der Waals surface area (Å²) in [5.74, 6) is 2.12. The summed E-state index contributed by atoms with van der Waals surface area (Å²) in [5, 5.41) is 0.0649. The summed E-state index contributed by atoms with van der Waals surface area (Å²) in [5.41, 5.74) is 0. The Kier molecular flexibility index (Phi) is 9.97. The molecule has 0 amide bonds. The zero-order valence-electron chi connectivity index (χ0n) is 11.8. The average Bonchev–Trinajstić information content (AvgIpc) is 2.88. The quantitative estimate of drug-likeness (QED) is 0.721. The van der Waals surface area contributed by atoms with Crippen molar-refractivity contribution in [2.45, 2.75) is 49.9 Å². The van der Waals surface area contributed by atoms with Crippen molar-refractivity contribution in [1.29, 1.82) is 0 Å². The van der Waals surface area contributed by atoms with Gasteiger partial charge in [-0.05, 0) is 39.3 Å². The lowest BCUT2D eigenvalue weighted by atomic mass is 10.3. The molecule has 0 saturated carbocycles. The number of rotatable bonds is 6. The van der Waals surface area contributed by atoms with E-state index < -0.39 is 0 Å². The van der Waals surface area contributed by atoms with Gasteiger partial charge in [0, 0.05) is 0 Å². The van der Waals surface area contributed by atoms with Crippen LogP contribution in [0.5, 0.6) is 0 Å². The van der Waals surface area contributed by atoms with Gasteiger partial charge in [-0.25, -0.2) is 0 Å². The smallest absolute Gasteiger partial charge is 0.143 e. The summed E-state index contributed by atoms with van der Waals surface area (Å²) in [6.07, 6.45) is 2.53. The van der Waals surface area contributed by atoms with E-state index in [0.717, 1.165) is 17.9 Å². The van der Waals surface area contributed by atoms with Crippen LogP contribution in [0.15, 0.2) is 22.8 Å². The Hall–Kier alpha value is -0.550. The Labute approximate surface area is 127 Å². The molecular formula is C14H21BrO3S. The Morgan fingerprint density at radius 3 is 2.32 bits per heavy atom. The molecular weight excluding hydrogens is 328 g/mol. The molecule has 0 saturated heterocycles. The molecule has 0 radical (unpaired) electrons. The maximum Gasteiger partial charge on any atom is 0.143 e. The first-order valence-electron chi connectivity index (χ1n) is 6.17. The molecule has 1 aromatic rings. The maximum absolute atomic E-state index is 10.9. The SMILES string of the molecule is CC(=O)C(C)SCc1ccco1.CCC(Br)C(C)=O. The van der Waals surface area contributed by atoms with Crippen molar-refractivity contribution >= 4 is 39.3 Å². The molecule has 0 aliphatic rings. The third-order valence-electron chi connectivity index (χ3n) is 2.43. The summed E-state index contributed by atoms with van der Waals surface area (Å²) in [6, 6.07) is 3.77. The molecule has 1 heterocycles. The molecule has 1 rings (SSSR count). The summed E-state index contributed by atoms with van der Waals surface area (Å²) in [4.78, 5) is 21.3. The van der Waals surface area contributed by atoms with Gasteiger partial charge in [-0.2, -0.15) is 0 Å². The van der Waals surface area contributed by atoms with Crippen LogP contribution < -0.4 is 0 Å². The zero-order chi connectivity index (χ0) is 14.8. The number of alkyl halides is 1. The molecule has 0 spiro atoms. The van der Waals surface area contributed by atoms with E-state index >= 15 is 0 Å². The van der Waals surface area contributed by atoms with Gasteiger partial charge in [0.15, 0.2) is 0 Å². The number of thioether (sulfide) groups is 1. The fourth-order valence-corrected chi connectivity index (χ4v) is 1.82. The molecule has 0 aliphatic heterocycles. The first-order chi connectivity index (χ1) is 8.88. The molecule has 2 unspecified atom stereocenters. The van der Waals surface area contributed by atoms with Gasteiger partial charge >= 0.3 is 0 Å².